The smallest absolute Gasteiger partial charge is 0.264 e. The van der Waals surface area contributed by atoms with Gasteiger partial charge < -0.3 is 15.0 Å². The average Bonchev–Trinajstić information content (AvgIpc) is 2.95. The first kappa shape index (κ1) is 30.7. The van der Waals surface area contributed by atoms with Gasteiger partial charge in [0, 0.05) is 12.6 Å². The Morgan fingerprint density at radius 3 is 2.30 bits per heavy atom. The number of nitrogens with zero attached hydrogens (tertiary/aromatic N) is 2. The molecule has 2 atom stereocenters. The van der Waals surface area contributed by atoms with Crippen LogP contribution in [-0.4, -0.2) is 50.9 Å². The van der Waals surface area contributed by atoms with E-state index in [-0.39, 0.29) is 23.4 Å². The standard InChI is InChI=1S/C31H39N3O5S/c1-7-24(4)32-31(36)25(5)33(20-26-12-11-13-27(19-26)39-6)30(35)21-34(29-18-22(2)16-17-23(29)3)40(37,38)28-14-9-8-10-15-28/h8-19,24-25H,7,20-21H2,1-6H3,(H,32,36)/t24-,25-/m0/s1. The average molecular weight is 566 g/mol. The minimum Gasteiger partial charge on any atom is -0.497 e. The molecule has 3 rings (SSSR count). The Hall–Kier alpha value is -3.85. The van der Waals surface area contributed by atoms with Crippen molar-refractivity contribution < 1.29 is 22.7 Å². The molecule has 0 unspecified atom stereocenters. The fourth-order valence-electron chi connectivity index (χ4n) is 4.24. The molecule has 0 saturated heterocycles. The van der Waals surface area contributed by atoms with Crippen LogP contribution in [0.15, 0.2) is 77.7 Å². The van der Waals surface area contributed by atoms with Crippen LogP contribution in [0.25, 0.3) is 0 Å². The highest BCUT2D eigenvalue weighted by molar-refractivity contribution is 7.92. The van der Waals surface area contributed by atoms with Crippen LogP contribution in [0.5, 0.6) is 5.75 Å². The van der Waals surface area contributed by atoms with Crippen molar-refractivity contribution in [1.29, 1.82) is 0 Å². The van der Waals surface area contributed by atoms with Gasteiger partial charge in [0.1, 0.15) is 18.3 Å². The van der Waals surface area contributed by atoms with Gasteiger partial charge in [-0.2, -0.15) is 0 Å². The summed E-state index contributed by atoms with van der Waals surface area (Å²) >= 11 is 0. The second-order valence-corrected chi connectivity index (χ2v) is 11.8. The SMILES string of the molecule is CC[C@H](C)NC(=O)[C@H](C)N(Cc1cccc(OC)c1)C(=O)CN(c1cc(C)ccc1C)S(=O)(=O)c1ccccc1. The van der Waals surface area contributed by atoms with Crippen LogP contribution in [0.2, 0.25) is 0 Å². The number of amides is 2. The largest absolute Gasteiger partial charge is 0.497 e. The summed E-state index contributed by atoms with van der Waals surface area (Å²) in [6.45, 7) is 8.81. The van der Waals surface area contributed by atoms with Gasteiger partial charge in [-0.3, -0.25) is 13.9 Å². The molecule has 0 aromatic heterocycles. The fourth-order valence-corrected chi connectivity index (χ4v) is 5.73. The van der Waals surface area contributed by atoms with Crippen molar-refractivity contribution in [3.63, 3.8) is 0 Å². The van der Waals surface area contributed by atoms with E-state index in [2.05, 4.69) is 5.32 Å². The van der Waals surface area contributed by atoms with Crippen LogP contribution in [-0.2, 0) is 26.2 Å². The summed E-state index contributed by atoms with van der Waals surface area (Å²) in [6.07, 6.45) is 0.734. The van der Waals surface area contributed by atoms with Crippen molar-refractivity contribution in [2.75, 3.05) is 18.0 Å². The van der Waals surface area contributed by atoms with Gasteiger partial charge in [0.05, 0.1) is 17.7 Å². The maximum absolute atomic E-state index is 14.1. The lowest BCUT2D eigenvalue weighted by Crippen LogP contribution is -2.52. The highest BCUT2D eigenvalue weighted by Gasteiger charge is 2.33. The number of hydrogen-bond donors (Lipinski definition) is 1. The molecule has 3 aromatic carbocycles. The first-order chi connectivity index (χ1) is 19.0. The molecule has 0 heterocycles. The van der Waals surface area contributed by atoms with Crippen molar-refractivity contribution in [1.82, 2.24) is 10.2 Å². The van der Waals surface area contributed by atoms with E-state index in [1.54, 1.807) is 50.4 Å². The van der Waals surface area contributed by atoms with Crippen molar-refractivity contribution in [3.8, 4) is 5.75 Å². The molecule has 40 heavy (non-hydrogen) atoms. The molecule has 0 aliphatic rings. The van der Waals surface area contributed by atoms with Crippen LogP contribution < -0.4 is 14.4 Å². The number of carbonyl (C=O) groups excluding carboxylic acids is 2. The van der Waals surface area contributed by atoms with Gasteiger partial charge in [-0.1, -0.05) is 49.4 Å². The molecule has 0 spiro atoms. The Kier molecular flexibility index (Phi) is 10.3. The van der Waals surface area contributed by atoms with Crippen molar-refractivity contribution in [2.24, 2.45) is 0 Å². The van der Waals surface area contributed by atoms with Crippen LogP contribution in [0.1, 0.15) is 43.9 Å². The molecule has 3 aromatic rings. The van der Waals surface area contributed by atoms with Gasteiger partial charge in [0.2, 0.25) is 11.8 Å². The summed E-state index contributed by atoms with van der Waals surface area (Å²) in [6, 6.07) is 19.8. The molecule has 9 heteroatoms. The number of aryl methyl sites for hydroxylation is 2. The van der Waals surface area contributed by atoms with E-state index < -0.39 is 28.5 Å². The number of carbonyl (C=O) groups is 2. The van der Waals surface area contributed by atoms with Gasteiger partial charge in [0.15, 0.2) is 0 Å². The molecule has 214 valence electrons. The summed E-state index contributed by atoms with van der Waals surface area (Å²) in [5.74, 6) is -0.199. The summed E-state index contributed by atoms with van der Waals surface area (Å²) in [7, 11) is -2.55. The molecule has 0 fully saturated rings. The lowest BCUT2D eigenvalue weighted by Gasteiger charge is -2.33. The Labute approximate surface area is 238 Å². The Morgan fingerprint density at radius 1 is 0.950 bits per heavy atom. The van der Waals surface area contributed by atoms with Gasteiger partial charge in [0.25, 0.3) is 10.0 Å². The molecule has 0 aliphatic heterocycles. The van der Waals surface area contributed by atoms with Crippen molar-refractivity contribution in [2.45, 2.75) is 64.6 Å². The zero-order valence-electron chi connectivity index (χ0n) is 24.0. The number of rotatable bonds is 12. The third-order valence-corrected chi connectivity index (χ3v) is 8.67. The Balaban J connectivity index is 2.06. The number of ether oxygens (including phenoxy) is 1. The normalized spacial score (nSPS) is 12.8. The van der Waals surface area contributed by atoms with Crippen LogP contribution >= 0.6 is 0 Å². The van der Waals surface area contributed by atoms with E-state index in [1.165, 1.54) is 17.0 Å². The van der Waals surface area contributed by atoms with Crippen molar-refractivity contribution >= 4 is 27.5 Å². The van der Waals surface area contributed by atoms with E-state index in [4.69, 9.17) is 4.74 Å². The third-order valence-electron chi connectivity index (χ3n) is 6.90. The molecule has 1 N–H and O–H groups in total. The van der Waals surface area contributed by atoms with Gasteiger partial charge >= 0.3 is 0 Å². The summed E-state index contributed by atoms with van der Waals surface area (Å²) < 4.78 is 34.4. The summed E-state index contributed by atoms with van der Waals surface area (Å²) in [5.41, 5.74) is 2.73. The highest BCUT2D eigenvalue weighted by atomic mass is 32.2. The van der Waals surface area contributed by atoms with Crippen LogP contribution in [0, 0.1) is 13.8 Å². The van der Waals surface area contributed by atoms with E-state index in [1.807, 2.05) is 52.0 Å². The van der Waals surface area contributed by atoms with E-state index in [9.17, 15) is 18.0 Å². The predicted octanol–water partition coefficient (Wildman–Crippen LogP) is 4.84. The van der Waals surface area contributed by atoms with Gasteiger partial charge in [-0.15, -0.1) is 0 Å². The molecule has 2 amide bonds. The predicted molar refractivity (Wildman–Crippen MR) is 158 cm³/mol. The van der Waals surface area contributed by atoms with Crippen LogP contribution in [0.4, 0.5) is 5.69 Å². The second-order valence-electron chi connectivity index (χ2n) is 9.98. The number of anilines is 1. The number of sulfonamides is 1. The molecule has 0 aliphatic carbocycles. The van der Waals surface area contributed by atoms with Crippen molar-refractivity contribution in [3.05, 3.63) is 89.5 Å². The molecule has 8 nitrogen and oxygen atoms in total. The minimum atomic E-state index is -4.11. The first-order valence-corrected chi connectivity index (χ1v) is 14.8. The molecule has 0 saturated carbocycles. The monoisotopic (exact) mass is 565 g/mol. The fraction of sp³-hybridized carbons (Fsp3) is 0.355. The maximum Gasteiger partial charge on any atom is 0.264 e. The minimum absolute atomic E-state index is 0.0746. The second kappa shape index (κ2) is 13.5. The quantitative estimate of drug-likeness (QED) is 0.339. The number of hydrogen-bond acceptors (Lipinski definition) is 5. The molecular formula is C31H39N3O5S. The summed E-state index contributed by atoms with van der Waals surface area (Å²) in [4.78, 5) is 28.7. The van der Waals surface area contributed by atoms with Gasteiger partial charge in [-0.25, -0.2) is 8.42 Å². The summed E-state index contributed by atoms with van der Waals surface area (Å²) in [5, 5.41) is 2.94. The first-order valence-electron chi connectivity index (χ1n) is 13.4. The number of nitrogens with one attached hydrogen (secondary N) is 1. The molecular weight excluding hydrogens is 526 g/mol. The molecule has 0 bridgehead atoms. The topological polar surface area (TPSA) is 96.0 Å². The zero-order valence-corrected chi connectivity index (χ0v) is 24.9. The van der Waals surface area contributed by atoms with E-state index in [0.29, 0.717) is 17.0 Å². The van der Waals surface area contributed by atoms with Gasteiger partial charge in [-0.05, 0) is 81.1 Å². The third kappa shape index (κ3) is 7.41. The number of benzene rings is 3. The lowest BCUT2D eigenvalue weighted by molar-refractivity contribution is -0.139. The van der Waals surface area contributed by atoms with E-state index >= 15 is 0 Å². The lowest BCUT2D eigenvalue weighted by atomic mass is 10.1. The maximum atomic E-state index is 14.1. The zero-order chi connectivity index (χ0) is 29.4. The Morgan fingerprint density at radius 2 is 1.65 bits per heavy atom. The van der Waals surface area contributed by atoms with E-state index in [0.717, 1.165) is 21.9 Å². The van der Waals surface area contributed by atoms with Crippen LogP contribution in [0.3, 0.4) is 0 Å². The number of methoxy groups -OCH3 is 1. The Bertz CT molecular complexity index is 1430. The molecule has 0 radical (unpaired) electrons. The highest BCUT2D eigenvalue weighted by Crippen LogP contribution is 2.28.